The molecular weight excluding hydrogens is 298 g/mol. The average molecular weight is 319 g/mol. The maximum absolute atomic E-state index is 12.7. The van der Waals surface area contributed by atoms with Crippen molar-refractivity contribution in [1.82, 2.24) is 15.1 Å². The molecule has 1 aromatic rings. The van der Waals surface area contributed by atoms with Crippen molar-refractivity contribution >= 4 is 11.7 Å². The minimum Gasteiger partial charge on any atom is -0.392 e. The summed E-state index contributed by atoms with van der Waals surface area (Å²) in [6.45, 7) is 1.33. The number of nitrogens with one attached hydrogen (secondary N) is 1. The van der Waals surface area contributed by atoms with Crippen molar-refractivity contribution in [1.29, 1.82) is 0 Å². The highest BCUT2D eigenvalue weighted by molar-refractivity contribution is 5.89. The van der Waals surface area contributed by atoms with Gasteiger partial charge in [-0.1, -0.05) is 0 Å². The Bertz CT molecular complexity index is 655. The van der Waals surface area contributed by atoms with Gasteiger partial charge in [0.2, 0.25) is 11.8 Å². The fourth-order valence-electron chi connectivity index (χ4n) is 4.49. The molecule has 3 atom stereocenters. The van der Waals surface area contributed by atoms with Crippen LogP contribution in [0.2, 0.25) is 0 Å². The fourth-order valence-corrected chi connectivity index (χ4v) is 4.49. The Hall–Kier alpha value is -1.92. The SMILES string of the molecule is O=C1[C@@H]2CC[C@H]1CC(C(=O)N1CCC(c3n[nH]c(=O)o3)CC1)C2. The molecule has 7 nitrogen and oxygen atoms in total. The van der Waals surface area contributed by atoms with Crippen LogP contribution >= 0.6 is 0 Å². The van der Waals surface area contributed by atoms with Crippen LogP contribution in [0, 0.1) is 17.8 Å². The number of aromatic nitrogens is 2. The van der Waals surface area contributed by atoms with Crippen molar-refractivity contribution < 1.29 is 14.0 Å². The molecule has 124 valence electrons. The third-order valence-electron chi connectivity index (χ3n) is 5.77. The first-order valence-electron chi connectivity index (χ1n) is 8.49. The number of carbonyl (C=O) groups excluding carboxylic acids is 2. The van der Waals surface area contributed by atoms with E-state index < -0.39 is 5.76 Å². The van der Waals surface area contributed by atoms with Crippen LogP contribution in [0.1, 0.15) is 50.3 Å². The maximum atomic E-state index is 12.7. The smallest absolute Gasteiger partial charge is 0.392 e. The Morgan fingerprint density at radius 3 is 2.26 bits per heavy atom. The van der Waals surface area contributed by atoms with Crippen molar-refractivity contribution in [3.05, 3.63) is 16.4 Å². The minimum atomic E-state index is -0.527. The second kappa shape index (κ2) is 5.62. The van der Waals surface area contributed by atoms with E-state index >= 15 is 0 Å². The Morgan fingerprint density at radius 1 is 1.04 bits per heavy atom. The summed E-state index contributed by atoms with van der Waals surface area (Å²) in [4.78, 5) is 37.7. The van der Waals surface area contributed by atoms with Gasteiger partial charge in [0, 0.05) is 36.8 Å². The quantitative estimate of drug-likeness (QED) is 0.879. The lowest BCUT2D eigenvalue weighted by molar-refractivity contribution is -0.140. The minimum absolute atomic E-state index is 0.0186. The highest BCUT2D eigenvalue weighted by atomic mass is 16.4. The van der Waals surface area contributed by atoms with Gasteiger partial charge in [-0.3, -0.25) is 9.59 Å². The van der Waals surface area contributed by atoms with E-state index in [1.807, 2.05) is 4.90 Å². The third-order valence-corrected chi connectivity index (χ3v) is 5.77. The Labute approximate surface area is 133 Å². The van der Waals surface area contributed by atoms with Gasteiger partial charge in [0.1, 0.15) is 5.78 Å². The molecule has 4 rings (SSSR count). The van der Waals surface area contributed by atoms with Crippen LogP contribution < -0.4 is 5.76 Å². The first-order valence-corrected chi connectivity index (χ1v) is 8.49. The number of hydrogen-bond acceptors (Lipinski definition) is 5. The standard InChI is InChI=1S/C16H21N3O4/c20-13-10-1-2-11(13)8-12(7-10)15(21)19-5-3-9(4-6-19)14-17-18-16(22)23-14/h9-12H,1-8H2,(H,18,22)/t10-,11+,12?. The number of piperidine rings is 1. The molecule has 2 bridgehead atoms. The average Bonchev–Trinajstić information content (AvgIpc) is 3.06. The van der Waals surface area contributed by atoms with E-state index in [0.717, 1.165) is 38.5 Å². The van der Waals surface area contributed by atoms with Crippen LogP contribution in [-0.2, 0) is 9.59 Å². The molecule has 2 heterocycles. The normalized spacial score (nSPS) is 31.6. The Balaban J connectivity index is 1.36. The van der Waals surface area contributed by atoms with Gasteiger partial charge >= 0.3 is 5.76 Å². The topological polar surface area (TPSA) is 96.3 Å². The molecule has 1 aromatic heterocycles. The van der Waals surface area contributed by atoms with Crippen LogP contribution in [0.3, 0.4) is 0 Å². The molecule has 1 amide bonds. The molecule has 1 saturated heterocycles. The highest BCUT2D eigenvalue weighted by Crippen LogP contribution is 2.43. The second-order valence-corrected chi connectivity index (χ2v) is 7.09. The van der Waals surface area contributed by atoms with Gasteiger partial charge in [0.05, 0.1) is 0 Å². The van der Waals surface area contributed by atoms with E-state index in [4.69, 9.17) is 4.42 Å². The lowest BCUT2D eigenvalue weighted by Gasteiger charge is -2.35. The number of Topliss-reactive ketones (excluding diaryl/α,β-unsaturated/α-hetero) is 1. The Morgan fingerprint density at radius 2 is 1.70 bits per heavy atom. The van der Waals surface area contributed by atoms with Crippen molar-refractivity contribution in [3.63, 3.8) is 0 Å². The number of nitrogens with zero attached hydrogens (tertiary/aromatic N) is 2. The molecule has 1 unspecified atom stereocenters. The molecule has 0 aromatic carbocycles. The number of hydrogen-bond donors (Lipinski definition) is 1. The first kappa shape index (κ1) is 14.7. The van der Waals surface area contributed by atoms with Gasteiger partial charge in [0.25, 0.3) is 0 Å². The van der Waals surface area contributed by atoms with Crippen LogP contribution in [0.5, 0.6) is 0 Å². The molecule has 0 spiro atoms. The molecule has 3 aliphatic rings. The van der Waals surface area contributed by atoms with Crippen molar-refractivity contribution in [3.8, 4) is 0 Å². The van der Waals surface area contributed by atoms with Crippen molar-refractivity contribution in [2.45, 2.75) is 44.4 Å². The van der Waals surface area contributed by atoms with E-state index in [9.17, 15) is 14.4 Å². The zero-order valence-electron chi connectivity index (χ0n) is 13.0. The molecule has 3 fully saturated rings. The van der Waals surface area contributed by atoms with Gasteiger partial charge in [-0.25, -0.2) is 9.89 Å². The number of H-pyrrole nitrogens is 1. The van der Waals surface area contributed by atoms with E-state index in [0.29, 0.717) is 24.8 Å². The summed E-state index contributed by atoms with van der Waals surface area (Å²) >= 11 is 0. The first-order chi connectivity index (χ1) is 11.1. The Kier molecular flexibility index (Phi) is 3.58. The molecule has 2 aliphatic carbocycles. The summed E-state index contributed by atoms with van der Waals surface area (Å²) in [7, 11) is 0. The van der Waals surface area contributed by atoms with Crippen LogP contribution in [-0.4, -0.2) is 39.9 Å². The zero-order chi connectivity index (χ0) is 16.0. The van der Waals surface area contributed by atoms with Crippen molar-refractivity contribution in [2.75, 3.05) is 13.1 Å². The number of fused-ring (bicyclic) bond motifs is 2. The summed E-state index contributed by atoms with van der Waals surface area (Å²) < 4.78 is 5.02. The second-order valence-electron chi connectivity index (χ2n) is 7.09. The number of rotatable bonds is 2. The van der Waals surface area contributed by atoms with Crippen molar-refractivity contribution in [2.24, 2.45) is 17.8 Å². The summed E-state index contributed by atoms with van der Waals surface area (Å²) in [5, 5.41) is 6.18. The van der Waals surface area contributed by atoms with Gasteiger partial charge in [-0.15, -0.1) is 5.10 Å². The predicted molar refractivity (Wildman–Crippen MR) is 79.6 cm³/mol. The summed E-state index contributed by atoms with van der Waals surface area (Å²) in [5.41, 5.74) is 0. The maximum Gasteiger partial charge on any atom is 0.434 e. The van der Waals surface area contributed by atoms with E-state index in [1.54, 1.807) is 0 Å². The van der Waals surface area contributed by atoms with Gasteiger partial charge in [-0.05, 0) is 38.5 Å². The molecule has 2 saturated carbocycles. The number of amides is 1. The van der Waals surface area contributed by atoms with Crippen LogP contribution in [0.25, 0.3) is 0 Å². The lowest BCUT2D eigenvalue weighted by atomic mass is 9.79. The highest BCUT2D eigenvalue weighted by Gasteiger charge is 2.44. The van der Waals surface area contributed by atoms with Gasteiger partial charge in [-0.2, -0.15) is 0 Å². The van der Waals surface area contributed by atoms with Crippen LogP contribution in [0.4, 0.5) is 0 Å². The molecule has 7 heteroatoms. The van der Waals surface area contributed by atoms with Gasteiger partial charge < -0.3 is 9.32 Å². The fraction of sp³-hybridized carbons (Fsp3) is 0.750. The largest absolute Gasteiger partial charge is 0.434 e. The molecule has 0 radical (unpaired) electrons. The number of ketones is 1. The summed E-state index contributed by atoms with van der Waals surface area (Å²) in [5.74, 6) is 0.881. The van der Waals surface area contributed by atoms with Gasteiger partial charge in [0.15, 0.2) is 0 Å². The summed E-state index contributed by atoms with van der Waals surface area (Å²) in [6, 6.07) is 0. The molecular formula is C16H21N3O4. The van der Waals surface area contributed by atoms with E-state index in [-0.39, 0.29) is 29.6 Å². The van der Waals surface area contributed by atoms with Crippen LogP contribution in [0.15, 0.2) is 9.21 Å². The number of aromatic amines is 1. The summed E-state index contributed by atoms with van der Waals surface area (Å²) in [6.07, 6.45) is 4.93. The van der Waals surface area contributed by atoms with E-state index in [1.165, 1.54) is 0 Å². The third kappa shape index (κ3) is 2.62. The number of likely N-dealkylation sites (tertiary alicyclic amines) is 1. The molecule has 1 aliphatic heterocycles. The molecule has 1 N–H and O–H groups in total. The molecule has 23 heavy (non-hydrogen) atoms. The zero-order valence-corrected chi connectivity index (χ0v) is 13.0. The lowest BCUT2D eigenvalue weighted by Crippen LogP contribution is -2.44. The number of carbonyl (C=O) groups is 2. The van der Waals surface area contributed by atoms with E-state index in [2.05, 4.69) is 10.2 Å². The predicted octanol–water partition coefficient (Wildman–Crippen LogP) is 1.07. The monoisotopic (exact) mass is 319 g/mol.